The topological polar surface area (TPSA) is 47.7 Å². The number of aromatic nitrogens is 3. The van der Waals surface area contributed by atoms with Gasteiger partial charge in [-0.25, -0.2) is 0 Å². The molecular weight excluding hydrogens is 1320 g/mol. The highest BCUT2D eigenvalue weighted by Crippen LogP contribution is 2.46. The molecule has 494 valence electrons. The SMILES string of the molecule is c1ccc(N2c3ccccc3B3c4ccccc4N(c4ccc(-c5ccc([Si](c6ccccc6)(c6ccc7c8c6Oc6ccccc6B8c6ccccc6O7)n6c7ccccc7c7ccncc76)cc5)cc4)c4c([Si](c5ccccc5)(c5ccccc5)n5c6ccccc6c6ccccc65)ccc2c43)cc1. The molecule has 3 aromatic heterocycles. The van der Waals surface area contributed by atoms with E-state index >= 15 is 0 Å². The number of hydrogen-bond acceptors (Lipinski definition) is 5. The van der Waals surface area contributed by atoms with E-state index in [-0.39, 0.29) is 13.4 Å². The van der Waals surface area contributed by atoms with Crippen molar-refractivity contribution in [1.82, 2.24) is 13.4 Å². The largest absolute Gasteiger partial charge is 0.458 e. The summed E-state index contributed by atoms with van der Waals surface area (Å²) in [6.07, 6.45) is 4.00. The maximum Gasteiger partial charge on any atom is 0.261 e. The van der Waals surface area contributed by atoms with Crippen molar-refractivity contribution >= 4 is 172 Å². The Labute approximate surface area is 616 Å². The summed E-state index contributed by atoms with van der Waals surface area (Å²) in [4.78, 5) is 10.1. The molecule has 7 nitrogen and oxygen atoms in total. The molecule has 0 amide bonds. The van der Waals surface area contributed by atoms with Gasteiger partial charge in [-0.2, -0.15) is 0 Å². The Bertz CT molecular complexity index is 6420. The first kappa shape index (κ1) is 60.4. The van der Waals surface area contributed by atoms with Crippen molar-refractivity contribution in [3.63, 3.8) is 0 Å². The lowest BCUT2D eigenvalue weighted by Crippen LogP contribution is -2.74. The maximum absolute atomic E-state index is 7.55. The summed E-state index contributed by atoms with van der Waals surface area (Å²) in [6.45, 7) is -0.230. The van der Waals surface area contributed by atoms with E-state index in [2.05, 4.69) is 395 Å². The van der Waals surface area contributed by atoms with E-state index in [1.54, 1.807) is 0 Å². The molecule has 4 aliphatic heterocycles. The van der Waals surface area contributed by atoms with E-state index < -0.39 is 16.5 Å². The van der Waals surface area contributed by atoms with Gasteiger partial charge in [-0.15, -0.1) is 0 Å². The average molecular weight is 1380 g/mol. The van der Waals surface area contributed by atoms with Gasteiger partial charge in [-0.05, 0) is 149 Å². The van der Waals surface area contributed by atoms with E-state index in [1.165, 1.54) is 80.9 Å². The smallest absolute Gasteiger partial charge is 0.261 e. The fourth-order valence-electron chi connectivity index (χ4n) is 18.9. The number of rotatable bonds is 11. The van der Waals surface area contributed by atoms with Crippen LogP contribution in [0.2, 0.25) is 0 Å². The predicted octanol–water partition coefficient (Wildman–Crippen LogP) is 14.8. The Hall–Kier alpha value is -13.2. The van der Waals surface area contributed by atoms with Gasteiger partial charge in [-0.3, -0.25) is 4.98 Å². The van der Waals surface area contributed by atoms with Crippen molar-refractivity contribution in [3.8, 4) is 34.1 Å². The van der Waals surface area contributed by atoms with Crippen molar-refractivity contribution in [2.45, 2.75) is 0 Å². The van der Waals surface area contributed by atoms with Crippen LogP contribution in [-0.2, 0) is 0 Å². The fourth-order valence-corrected chi connectivity index (χ4v) is 29.0. The van der Waals surface area contributed by atoms with Crippen LogP contribution in [0.3, 0.4) is 0 Å². The summed E-state index contributed by atoms with van der Waals surface area (Å²) in [5.41, 5.74) is 20.8. The molecule has 15 aromatic carbocycles. The molecule has 0 fully saturated rings. The molecule has 0 N–H and O–H groups in total. The third-order valence-electron chi connectivity index (χ3n) is 23.1. The van der Waals surface area contributed by atoms with Gasteiger partial charge in [0.15, 0.2) is 0 Å². The highest BCUT2D eigenvalue weighted by molar-refractivity contribution is 7.13. The normalized spacial score (nSPS) is 13.6. The number of fused-ring (bicyclic) bond motifs is 14. The van der Waals surface area contributed by atoms with Crippen LogP contribution in [0.4, 0.5) is 34.1 Å². The maximum atomic E-state index is 7.55. The molecule has 7 heterocycles. The number of ether oxygens (including phenoxy) is 2. The van der Waals surface area contributed by atoms with Crippen LogP contribution in [0, 0.1) is 0 Å². The quantitative estimate of drug-likeness (QED) is 0.0954. The Morgan fingerprint density at radius 1 is 0.274 bits per heavy atom. The molecule has 0 radical (unpaired) electrons. The first-order chi connectivity index (χ1) is 52.6. The van der Waals surface area contributed by atoms with E-state index in [0.29, 0.717) is 0 Å². The van der Waals surface area contributed by atoms with E-state index in [4.69, 9.17) is 14.5 Å². The first-order valence-corrected chi connectivity index (χ1v) is 40.5. The highest BCUT2D eigenvalue weighted by Gasteiger charge is 2.54. The standard InChI is InChI=1S/C95H63B2N5O2Si2/c1-5-27-66(28-6-1)99-83-45-23-16-38-76(83)96-77-39-17-24-46-84(77)100(94-90(59-57-85(99)92(94)96)105(68-29-7-2-8-30-68,69-31-9-3-10-32-69)101-80-42-20-13-35-72(80)73-36-14-21-43-81(73)101)67-53-49-64(50-54-67)65-51-55-71(56-52-65)106(70-33-11-4-12-34-70,102-82-44-22-15-37-74(82)75-61-62-98-63-86(75)102)91-60-58-89-93-95(91)104-88-48-26-19-41-79(88)97(93)78-40-18-25-47-87(78)103-89/h1-63H. The average Bonchev–Trinajstić information content (AvgIpc) is 1.14. The molecular formula is C95H63B2N5O2Si2. The second kappa shape index (κ2) is 23.7. The van der Waals surface area contributed by atoms with Gasteiger partial charge in [-0.1, -0.05) is 285 Å². The lowest BCUT2D eigenvalue weighted by molar-refractivity contribution is 0.466. The molecule has 0 bridgehead atoms. The summed E-state index contributed by atoms with van der Waals surface area (Å²) in [5.74, 6) is 3.36. The Morgan fingerprint density at radius 3 is 1.26 bits per heavy atom. The Kier molecular flexibility index (Phi) is 13.5. The molecule has 1 atom stereocenters. The molecule has 11 heteroatoms. The van der Waals surface area contributed by atoms with E-state index in [1.807, 2.05) is 6.20 Å². The molecule has 0 saturated heterocycles. The molecule has 4 aliphatic rings. The van der Waals surface area contributed by atoms with Crippen LogP contribution in [0.1, 0.15) is 0 Å². The number of benzene rings is 15. The zero-order chi connectivity index (χ0) is 69.6. The monoisotopic (exact) mass is 1380 g/mol. The van der Waals surface area contributed by atoms with Crippen LogP contribution in [0.15, 0.2) is 382 Å². The van der Waals surface area contributed by atoms with Gasteiger partial charge in [0.1, 0.15) is 23.0 Å². The predicted molar refractivity (Wildman–Crippen MR) is 446 cm³/mol. The summed E-state index contributed by atoms with van der Waals surface area (Å²) >= 11 is 0. The molecule has 0 saturated carbocycles. The van der Waals surface area contributed by atoms with Crippen LogP contribution >= 0.6 is 0 Å². The lowest BCUT2D eigenvalue weighted by atomic mass is 9.33. The summed E-state index contributed by atoms with van der Waals surface area (Å²) in [7, 11) is -7.20. The van der Waals surface area contributed by atoms with E-state index in [9.17, 15) is 0 Å². The van der Waals surface area contributed by atoms with Crippen LogP contribution < -0.4 is 83.2 Å². The van der Waals surface area contributed by atoms with Gasteiger partial charge in [0.2, 0.25) is 0 Å². The van der Waals surface area contributed by atoms with Crippen molar-refractivity contribution in [2.24, 2.45) is 0 Å². The second-order valence-electron chi connectivity index (χ2n) is 28.3. The van der Waals surface area contributed by atoms with Crippen molar-refractivity contribution < 1.29 is 9.47 Å². The minimum absolute atomic E-state index is 0.109. The van der Waals surface area contributed by atoms with Crippen LogP contribution in [0.5, 0.6) is 23.0 Å². The molecule has 0 spiro atoms. The number of nitrogens with zero attached hydrogens (tertiary/aromatic N) is 5. The number of para-hydroxylation sites is 8. The minimum Gasteiger partial charge on any atom is -0.458 e. The van der Waals surface area contributed by atoms with Crippen molar-refractivity contribution in [1.29, 1.82) is 0 Å². The summed E-state index contributed by atoms with van der Waals surface area (Å²) < 4.78 is 20.0. The number of anilines is 6. The minimum atomic E-state index is -3.62. The van der Waals surface area contributed by atoms with Crippen LogP contribution in [-0.4, -0.2) is 43.3 Å². The Morgan fingerprint density at radius 2 is 0.689 bits per heavy atom. The molecule has 18 aromatic rings. The zero-order valence-electron chi connectivity index (χ0n) is 57.6. The van der Waals surface area contributed by atoms with Gasteiger partial charge >= 0.3 is 0 Å². The molecule has 22 rings (SSSR count). The molecule has 0 aliphatic carbocycles. The van der Waals surface area contributed by atoms with Crippen molar-refractivity contribution in [3.05, 3.63) is 382 Å². The third kappa shape index (κ3) is 8.54. The highest BCUT2D eigenvalue weighted by atomic mass is 28.3. The van der Waals surface area contributed by atoms with Gasteiger partial charge in [0, 0.05) is 89.1 Å². The first-order valence-electron chi connectivity index (χ1n) is 36.6. The molecule has 106 heavy (non-hydrogen) atoms. The Balaban J connectivity index is 0.778. The third-order valence-corrected chi connectivity index (χ3v) is 32.5. The van der Waals surface area contributed by atoms with Crippen LogP contribution in [0.25, 0.3) is 54.7 Å². The van der Waals surface area contributed by atoms with E-state index in [0.717, 1.165) is 94.9 Å². The molecule has 1 unspecified atom stereocenters. The van der Waals surface area contributed by atoms with Gasteiger partial charge in [0.05, 0.1) is 11.7 Å². The fraction of sp³-hybridized carbons (Fsp3) is 0. The second-order valence-corrected chi connectivity index (χ2v) is 35.4. The summed E-state index contributed by atoms with van der Waals surface area (Å²) in [5, 5.41) is 12.2. The number of pyridine rings is 1. The van der Waals surface area contributed by atoms with Gasteiger partial charge < -0.3 is 27.7 Å². The summed E-state index contributed by atoms with van der Waals surface area (Å²) in [6, 6.07) is 138. The van der Waals surface area contributed by atoms with Crippen molar-refractivity contribution in [2.75, 3.05) is 9.80 Å². The lowest BCUT2D eigenvalue weighted by Gasteiger charge is -2.47. The zero-order valence-corrected chi connectivity index (χ0v) is 59.6. The van der Waals surface area contributed by atoms with Gasteiger partial charge in [0.25, 0.3) is 29.9 Å². The number of hydrogen-bond donors (Lipinski definition) is 0.